The Kier molecular flexibility index (Phi) is 7.07. The van der Waals surface area contributed by atoms with E-state index in [0.29, 0.717) is 18.7 Å². The number of carbonyl (C=O) groups excluding carboxylic acids is 1. The van der Waals surface area contributed by atoms with E-state index in [0.717, 1.165) is 52.6 Å². The molecule has 0 aliphatic heterocycles. The summed E-state index contributed by atoms with van der Waals surface area (Å²) in [5, 5.41) is 3.74. The molecule has 4 aromatic rings. The molecule has 0 fully saturated rings. The number of ether oxygens (including phenoxy) is 1. The number of fused-ring (bicyclic) bond motifs is 1. The Labute approximate surface area is 193 Å². The first kappa shape index (κ1) is 21.9. The number of carbonyl (C=O) groups is 1. The topological polar surface area (TPSA) is 56.1 Å². The van der Waals surface area contributed by atoms with Gasteiger partial charge in [0.25, 0.3) is 5.91 Å². The molecular formula is C26H26ClN3O2. The van der Waals surface area contributed by atoms with Gasteiger partial charge in [-0.1, -0.05) is 41.9 Å². The Morgan fingerprint density at radius 2 is 1.81 bits per heavy atom. The summed E-state index contributed by atoms with van der Waals surface area (Å²) < 4.78 is 8.05. The van der Waals surface area contributed by atoms with Gasteiger partial charge in [-0.3, -0.25) is 4.79 Å². The van der Waals surface area contributed by atoms with Gasteiger partial charge < -0.3 is 14.6 Å². The highest BCUT2D eigenvalue weighted by molar-refractivity contribution is 6.31. The van der Waals surface area contributed by atoms with Crippen molar-refractivity contribution >= 4 is 28.5 Å². The van der Waals surface area contributed by atoms with Crippen LogP contribution in [0.25, 0.3) is 11.0 Å². The summed E-state index contributed by atoms with van der Waals surface area (Å²) >= 11 is 6.07. The number of unbranched alkanes of at least 4 members (excludes halogenated alkanes) is 1. The van der Waals surface area contributed by atoms with Crippen LogP contribution in [0.3, 0.4) is 0 Å². The largest absolute Gasteiger partial charge is 0.494 e. The lowest BCUT2D eigenvalue weighted by molar-refractivity contribution is 0.0949. The van der Waals surface area contributed by atoms with Gasteiger partial charge >= 0.3 is 0 Å². The Morgan fingerprint density at radius 1 is 1.03 bits per heavy atom. The highest BCUT2D eigenvalue weighted by Crippen LogP contribution is 2.21. The smallest absolute Gasteiger partial charge is 0.251 e. The average molecular weight is 448 g/mol. The lowest BCUT2D eigenvalue weighted by Gasteiger charge is -2.11. The molecule has 0 saturated carbocycles. The fourth-order valence-electron chi connectivity index (χ4n) is 3.63. The van der Waals surface area contributed by atoms with Crippen molar-refractivity contribution in [1.29, 1.82) is 0 Å². The molecule has 1 N–H and O–H groups in total. The van der Waals surface area contributed by atoms with E-state index in [2.05, 4.69) is 16.0 Å². The van der Waals surface area contributed by atoms with Gasteiger partial charge in [0.2, 0.25) is 0 Å². The number of aromatic nitrogens is 2. The maximum atomic E-state index is 12.5. The van der Waals surface area contributed by atoms with Crippen LogP contribution in [0.1, 0.15) is 34.6 Å². The van der Waals surface area contributed by atoms with Crippen molar-refractivity contribution in [2.24, 2.45) is 0 Å². The zero-order valence-electron chi connectivity index (χ0n) is 18.1. The second kappa shape index (κ2) is 10.3. The molecule has 1 amide bonds. The van der Waals surface area contributed by atoms with E-state index in [-0.39, 0.29) is 5.91 Å². The van der Waals surface area contributed by atoms with Crippen LogP contribution >= 0.6 is 11.6 Å². The zero-order valence-corrected chi connectivity index (χ0v) is 18.8. The summed E-state index contributed by atoms with van der Waals surface area (Å²) in [7, 11) is 0. The van der Waals surface area contributed by atoms with Crippen molar-refractivity contribution < 1.29 is 9.53 Å². The van der Waals surface area contributed by atoms with Gasteiger partial charge in [-0.25, -0.2) is 4.98 Å². The van der Waals surface area contributed by atoms with E-state index in [1.807, 2.05) is 61.5 Å². The van der Waals surface area contributed by atoms with Crippen LogP contribution < -0.4 is 10.1 Å². The fourth-order valence-corrected chi connectivity index (χ4v) is 3.75. The normalized spacial score (nSPS) is 10.9. The predicted molar refractivity (Wildman–Crippen MR) is 128 cm³/mol. The van der Waals surface area contributed by atoms with E-state index < -0.39 is 0 Å². The quantitative estimate of drug-likeness (QED) is 0.330. The molecule has 4 rings (SSSR count). The molecule has 6 heteroatoms. The molecule has 0 spiro atoms. The Hall–Kier alpha value is -3.31. The molecular weight excluding hydrogens is 422 g/mol. The molecule has 0 aliphatic rings. The summed E-state index contributed by atoms with van der Waals surface area (Å²) in [5.74, 6) is 1.59. The number of rotatable bonds is 9. The number of hydrogen-bond donors (Lipinski definition) is 1. The minimum Gasteiger partial charge on any atom is -0.494 e. The van der Waals surface area contributed by atoms with Crippen molar-refractivity contribution in [2.45, 2.75) is 32.9 Å². The molecule has 3 aromatic carbocycles. The van der Waals surface area contributed by atoms with Crippen molar-refractivity contribution in [3.8, 4) is 5.75 Å². The van der Waals surface area contributed by atoms with Gasteiger partial charge in [0.1, 0.15) is 11.6 Å². The number of halogens is 1. The van der Waals surface area contributed by atoms with E-state index in [1.165, 1.54) is 0 Å². The summed E-state index contributed by atoms with van der Waals surface area (Å²) in [6, 6.07) is 23.0. The van der Waals surface area contributed by atoms with E-state index in [4.69, 9.17) is 21.3 Å². The first-order valence-corrected chi connectivity index (χ1v) is 11.2. The fraction of sp³-hybridized carbons (Fsp3) is 0.231. The molecule has 0 saturated heterocycles. The van der Waals surface area contributed by atoms with E-state index in [9.17, 15) is 4.79 Å². The standard InChI is InChI=1S/C26H26ClN3O2/c1-19-17-21(13-14-22(19)27)32-16-8-7-15-30-24-12-6-5-11-23(24)29-25(30)18-28-26(31)20-9-3-2-4-10-20/h2-6,9-14,17H,7-8,15-16,18H2,1H3,(H,28,31). The Balaban J connectivity index is 1.36. The first-order chi connectivity index (χ1) is 15.6. The number of para-hydroxylation sites is 2. The zero-order chi connectivity index (χ0) is 22.3. The summed E-state index contributed by atoms with van der Waals surface area (Å²) in [4.78, 5) is 17.2. The van der Waals surface area contributed by atoms with Crippen molar-refractivity contribution in [3.05, 3.63) is 94.8 Å². The van der Waals surface area contributed by atoms with E-state index in [1.54, 1.807) is 12.1 Å². The molecule has 1 aromatic heterocycles. The average Bonchev–Trinajstić information content (AvgIpc) is 3.17. The van der Waals surface area contributed by atoms with Crippen LogP contribution in [0, 0.1) is 6.92 Å². The van der Waals surface area contributed by atoms with Gasteiger partial charge in [0.15, 0.2) is 0 Å². The van der Waals surface area contributed by atoms with Gasteiger partial charge in [0.05, 0.1) is 24.2 Å². The minimum atomic E-state index is -0.101. The van der Waals surface area contributed by atoms with Gasteiger partial charge in [-0.05, 0) is 67.8 Å². The third-order valence-corrected chi connectivity index (χ3v) is 5.77. The SMILES string of the molecule is Cc1cc(OCCCCn2c(CNC(=O)c3ccccc3)nc3ccccc32)ccc1Cl. The second-order valence-electron chi connectivity index (χ2n) is 7.68. The number of aryl methyl sites for hydroxylation is 2. The Bertz CT molecular complexity index is 1200. The summed E-state index contributed by atoms with van der Waals surface area (Å²) in [5.41, 5.74) is 3.66. The van der Waals surface area contributed by atoms with Gasteiger partial charge in [-0.2, -0.15) is 0 Å². The monoisotopic (exact) mass is 447 g/mol. The minimum absolute atomic E-state index is 0.101. The van der Waals surface area contributed by atoms with Gasteiger partial charge in [-0.15, -0.1) is 0 Å². The molecule has 164 valence electrons. The van der Waals surface area contributed by atoms with Crippen molar-refractivity contribution in [3.63, 3.8) is 0 Å². The van der Waals surface area contributed by atoms with Crippen LogP contribution in [0.4, 0.5) is 0 Å². The lowest BCUT2D eigenvalue weighted by atomic mass is 10.2. The number of imidazole rings is 1. The van der Waals surface area contributed by atoms with Crippen LogP contribution in [-0.2, 0) is 13.1 Å². The molecule has 32 heavy (non-hydrogen) atoms. The molecule has 0 bridgehead atoms. The molecule has 1 heterocycles. The van der Waals surface area contributed by atoms with E-state index >= 15 is 0 Å². The maximum absolute atomic E-state index is 12.5. The van der Waals surface area contributed by atoms with Crippen LogP contribution in [0.5, 0.6) is 5.75 Å². The van der Waals surface area contributed by atoms with Crippen molar-refractivity contribution in [1.82, 2.24) is 14.9 Å². The molecule has 5 nitrogen and oxygen atoms in total. The molecule has 0 radical (unpaired) electrons. The number of benzene rings is 3. The number of nitrogens with zero attached hydrogens (tertiary/aromatic N) is 2. The summed E-state index contributed by atoms with van der Waals surface area (Å²) in [6.45, 7) is 3.79. The van der Waals surface area contributed by atoms with Crippen LogP contribution in [-0.4, -0.2) is 22.1 Å². The number of hydrogen-bond acceptors (Lipinski definition) is 3. The third kappa shape index (κ3) is 5.29. The highest BCUT2D eigenvalue weighted by atomic mass is 35.5. The van der Waals surface area contributed by atoms with Crippen molar-refractivity contribution in [2.75, 3.05) is 6.61 Å². The molecule has 0 atom stereocenters. The molecule has 0 aliphatic carbocycles. The number of nitrogens with one attached hydrogen (secondary N) is 1. The molecule has 0 unspecified atom stereocenters. The second-order valence-corrected chi connectivity index (χ2v) is 8.09. The lowest BCUT2D eigenvalue weighted by Crippen LogP contribution is -2.24. The predicted octanol–water partition coefficient (Wildman–Crippen LogP) is 5.79. The van der Waals surface area contributed by atoms with Crippen LogP contribution in [0.15, 0.2) is 72.8 Å². The maximum Gasteiger partial charge on any atom is 0.251 e. The highest BCUT2D eigenvalue weighted by Gasteiger charge is 2.12. The number of amides is 1. The van der Waals surface area contributed by atoms with Crippen LogP contribution in [0.2, 0.25) is 5.02 Å². The first-order valence-electron chi connectivity index (χ1n) is 10.8. The summed E-state index contributed by atoms with van der Waals surface area (Å²) in [6.07, 6.45) is 1.84. The van der Waals surface area contributed by atoms with Gasteiger partial charge in [0, 0.05) is 17.1 Å². The Morgan fingerprint density at radius 3 is 2.62 bits per heavy atom. The third-order valence-electron chi connectivity index (χ3n) is 5.35.